The zero-order valence-electron chi connectivity index (χ0n) is 23.3. The quantitative estimate of drug-likeness (QED) is 0.218. The Morgan fingerprint density at radius 2 is 1.79 bits per heavy atom. The zero-order valence-corrected chi connectivity index (χ0v) is 23.3. The molecule has 17 heteroatoms. The number of nitrogens with one attached hydrogen (secondary N) is 1. The van der Waals surface area contributed by atoms with Gasteiger partial charge in [-0.25, -0.2) is 4.39 Å². The molecule has 12 radical (unpaired) electrons. The number of aliphatic hydroxyl groups is 2. The highest BCUT2D eigenvalue weighted by Gasteiger charge is 2.60. The zero-order chi connectivity index (χ0) is 32.0. The number of amides is 2. The van der Waals surface area contributed by atoms with Crippen LogP contribution in [0.2, 0.25) is 0 Å². The molecule has 0 bridgehead atoms. The number of carbonyl (C=O) groups is 3. The molecular weight excluding hydrogens is 550 g/mol. The Bertz CT molecular complexity index is 1400. The van der Waals surface area contributed by atoms with E-state index in [2.05, 4.69) is 5.32 Å². The van der Waals surface area contributed by atoms with E-state index >= 15 is 4.39 Å². The van der Waals surface area contributed by atoms with Crippen molar-refractivity contribution in [1.29, 1.82) is 0 Å². The van der Waals surface area contributed by atoms with Crippen LogP contribution in [0.25, 0.3) is 0 Å². The molecule has 10 nitrogen and oxygen atoms in total. The van der Waals surface area contributed by atoms with Gasteiger partial charge in [-0.05, 0) is 23.9 Å². The number of halogens is 1. The molecule has 0 aromatic heterocycles. The monoisotopic (exact) mass is 575 g/mol. The van der Waals surface area contributed by atoms with Crippen molar-refractivity contribution in [1.82, 2.24) is 15.1 Å². The fourth-order valence-electron chi connectivity index (χ4n) is 5.08. The standard InChI is InChI=1S/C26H24B6FN3O7/c1-34-21(38)18(8-4-10-37)35-12-17-16(22(35)39)7-3-9-19(17)42-13-15-6-2-5-14(20(15)33)11-36-23(27,28)26(32,41)43-24(29,30)25(36,31)40/h2-3,5-7,9-10,18,40-41H,4,8,11-13H2,1H3,(H,34,38). The topological polar surface area (TPSA) is 129 Å². The Balaban J connectivity index is 1.57. The second-order valence-electron chi connectivity index (χ2n) is 10.5. The second-order valence-corrected chi connectivity index (χ2v) is 10.5. The van der Waals surface area contributed by atoms with Gasteiger partial charge in [-0.3, -0.25) is 14.5 Å². The van der Waals surface area contributed by atoms with Gasteiger partial charge in [-0.15, -0.1) is 0 Å². The van der Waals surface area contributed by atoms with Crippen molar-refractivity contribution in [3.05, 3.63) is 64.5 Å². The lowest BCUT2D eigenvalue weighted by atomic mass is 9.42. The summed E-state index contributed by atoms with van der Waals surface area (Å²) in [6.45, 7) is -0.906. The first-order valence-corrected chi connectivity index (χ1v) is 13.1. The van der Waals surface area contributed by atoms with E-state index in [0.717, 1.165) is 0 Å². The van der Waals surface area contributed by atoms with E-state index < -0.39 is 52.3 Å². The third-order valence-electron chi connectivity index (χ3n) is 7.64. The van der Waals surface area contributed by atoms with Crippen molar-refractivity contribution in [2.75, 3.05) is 7.05 Å². The summed E-state index contributed by atoms with van der Waals surface area (Å²) in [5.41, 5.74) is -5.00. The molecule has 0 aliphatic carbocycles. The average Bonchev–Trinajstić information content (AvgIpc) is 3.26. The van der Waals surface area contributed by atoms with Crippen molar-refractivity contribution in [3.8, 4) is 5.75 Å². The molecule has 1 fully saturated rings. The van der Waals surface area contributed by atoms with Gasteiger partial charge in [0.15, 0.2) is 7.85 Å². The number of morpholine rings is 1. The first kappa shape index (κ1) is 32.9. The molecule has 2 aromatic carbocycles. The predicted molar refractivity (Wildman–Crippen MR) is 157 cm³/mol. The van der Waals surface area contributed by atoms with Crippen molar-refractivity contribution < 1.29 is 38.5 Å². The summed E-state index contributed by atoms with van der Waals surface area (Å²) < 4.78 is 26.5. The van der Waals surface area contributed by atoms with Crippen LogP contribution in [0.4, 0.5) is 4.39 Å². The Kier molecular flexibility index (Phi) is 9.06. The van der Waals surface area contributed by atoms with Gasteiger partial charge in [0.2, 0.25) is 5.91 Å². The number of ether oxygens (including phenoxy) is 2. The van der Waals surface area contributed by atoms with Crippen LogP contribution in [-0.4, -0.2) is 120 Å². The van der Waals surface area contributed by atoms with E-state index in [1.54, 1.807) is 18.2 Å². The molecule has 3 unspecified atom stereocenters. The summed E-state index contributed by atoms with van der Waals surface area (Å²) in [4.78, 5) is 38.5. The molecule has 43 heavy (non-hydrogen) atoms. The van der Waals surface area contributed by atoms with E-state index in [1.165, 1.54) is 30.1 Å². The summed E-state index contributed by atoms with van der Waals surface area (Å²) in [6, 6.07) is 8.15. The van der Waals surface area contributed by atoms with Gasteiger partial charge >= 0.3 is 0 Å². The molecule has 2 aliphatic rings. The van der Waals surface area contributed by atoms with Crippen molar-refractivity contribution >= 4 is 65.2 Å². The lowest BCUT2D eigenvalue weighted by Crippen LogP contribution is -2.85. The Morgan fingerprint density at radius 1 is 1.14 bits per heavy atom. The fraction of sp³-hybridized carbons (Fsp3) is 0.423. The summed E-state index contributed by atoms with van der Waals surface area (Å²) in [7, 11) is 36.3. The van der Waals surface area contributed by atoms with Crippen LogP contribution >= 0.6 is 0 Å². The molecule has 3 atom stereocenters. The third-order valence-corrected chi connectivity index (χ3v) is 7.64. The molecule has 4 rings (SSSR count). The van der Waals surface area contributed by atoms with Gasteiger partial charge in [0.05, 0.1) is 27.9 Å². The number of fused-ring (bicyclic) bond motifs is 1. The number of likely N-dealkylation sites (N-methyl/N-ethyl adjacent to an activating group) is 1. The van der Waals surface area contributed by atoms with Crippen LogP contribution in [0, 0.1) is 5.82 Å². The number of hydrogen-bond donors (Lipinski definition) is 3. The molecule has 0 saturated carbocycles. The van der Waals surface area contributed by atoms with Crippen LogP contribution in [-0.2, 0) is 34.0 Å². The number of aldehydes is 1. The highest BCUT2D eigenvalue weighted by molar-refractivity contribution is 6.48. The van der Waals surface area contributed by atoms with E-state index in [1.807, 2.05) is 0 Å². The Hall–Kier alpha value is -2.99. The molecule has 210 valence electrons. The number of hydrogen-bond acceptors (Lipinski definition) is 8. The van der Waals surface area contributed by atoms with Gasteiger partial charge in [0, 0.05) is 47.7 Å². The van der Waals surface area contributed by atoms with Gasteiger partial charge in [0.1, 0.15) is 59.7 Å². The number of nitrogens with zero attached hydrogens (tertiary/aromatic N) is 2. The summed E-state index contributed by atoms with van der Waals surface area (Å²) in [5, 5.41) is 18.5. The van der Waals surface area contributed by atoms with Crippen molar-refractivity contribution in [2.45, 2.75) is 60.6 Å². The molecule has 0 spiro atoms. The van der Waals surface area contributed by atoms with E-state index in [0.29, 0.717) is 22.3 Å². The SMILES string of the molecule is [B]C1([B])OC([B])(O)C([B])([B])N(Cc2cccc(COc3cccc4c3CN(C(CCC=O)C(=O)NC)C4=O)c2F)C1([B])O. The number of carbonyl (C=O) groups excluding carboxylic acids is 3. The third kappa shape index (κ3) is 5.80. The largest absolute Gasteiger partial charge is 0.488 e. The van der Waals surface area contributed by atoms with Crippen LogP contribution in [0.3, 0.4) is 0 Å². The minimum atomic E-state index is -2.91. The van der Waals surface area contributed by atoms with Crippen molar-refractivity contribution in [2.24, 2.45) is 0 Å². The van der Waals surface area contributed by atoms with E-state index in [4.69, 9.17) is 56.6 Å². The van der Waals surface area contributed by atoms with Gasteiger partial charge in [-0.1, -0.05) is 24.3 Å². The predicted octanol–water partition coefficient (Wildman–Crippen LogP) is -2.10. The van der Waals surface area contributed by atoms with Crippen LogP contribution in [0.1, 0.15) is 39.9 Å². The van der Waals surface area contributed by atoms with Crippen molar-refractivity contribution in [3.63, 3.8) is 0 Å². The highest BCUT2D eigenvalue weighted by atomic mass is 19.1. The highest BCUT2D eigenvalue weighted by Crippen LogP contribution is 2.41. The Morgan fingerprint density at radius 3 is 2.44 bits per heavy atom. The summed E-state index contributed by atoms with van der Waals surface area (Å²) >= 11 is 0. The first-order chi connectivity index (χ1) is 20.0. The molecule has 2 amide bonds. The fourth-order valence-corrected chi connectivity index (χ4v) is 5.08. The molecule has 1 saturated heterocycles. The normalized spacial score (nSPS) is 25.1. The summed E-state index contributed by atoms with van der Waals surface area (Å²) in [6.07, 6.45) is 0.899. The van der Waals surface area contributed by atoms with Gasteiger partial charge < -0.3 is 34.7 Å². The molecule has 2 aliphatic heterocycles. The number of rotatable bonds is 10. The lowest BCUT2D eigenvalue weighted by molar-refractivity contribution is -0.303. The summed E-state index contributed by atoms with van der Waals surface area (Å²) in [5.74, 6) is -1.35. The van der Waals surface area contributed by atoms with E-state index in [-0.39, 0.29) is 42.9 Å². The smallest absolute Gasteiger partial charge is 0.255 e. The van der Waals surface area contributed by atoms with E-state index in [9.17, 15) is 24.6 Å². The average molecular weight is 574 g/mol. The van der Waals surface area contributed by atoms with Gasteiger partial charge in [-0.2, -0.15) is 0 Å². The maximum absolute atomic E-state index is 15.7. The first-order valence-electron chi connectivity index (χ1n) is 13.1. The van der Waals surface area contributed by atoms with Crippen LogP contribution < -0.4 is 10.1 Å². The molecule has 2 aromatic rings. The minimum absolute atomic E-state index is 0.0347. The molecule has 3 N–H and O–H groups in total. The van der Waals surface area contributed by atoms with Gasteiger partial charge in [0.25, 0.3) is 5.91 Å². The van der Waals surface area contributed by atoms with Crippen LogP contribution in [0.5, 0.6) is 5.75 Å². The maximum atomic E-state index is 15.7. The number of benzene rings is 2. The molecular formula is C26H24B6FN3O7. The lowest BCUT2D eigenvalue weighted by Gasteiger charge is -2.66. The minimum Gasteiger partial charge on any atom is -0.488 e. The van der Waals surface area contributed by atoms with Crippen LogP contribution in [0.15, 0.2) is 36.4 Å². The maximum Gasteiger partial charge on any atom is 0.255 e. The molecule has 2 heterocycles. The second kappa shape index (κ2) is 11.8. The Labute approximate surface area is 256 Å².